The molecule has 202 valence electrons. The maximum Gasteiger partial charge on any atom is 0.408 e. The molecule has 0 spiro atoms. The van der Waals surface area contributed by atoms with Crippen LogP contribution < -0.4 is 16.0 Å². The number of aromatic amines is 1. The molecule has 4 N–H and O–H groups in total. The van der Waals surface area contributed by atoms with E-state index in [4.69, 9.17) is 17.0 Å². The average molecular weight is 564 g/mol. The van der Waals surface area contributed by atoms with Crippen LogP contribution in [-0.4, -0.2) is 34.1 Å². The summed E-state index contributed by atoms with van der Waals surface area (Å²) in [6, 6.07) is 21.4. The van der Waals surface area contributed by atoms with Crippen LogP contribution in [0.15, 0.2) is 72.8 Å². The molecular weight excluding hydrogens is 534 g/mol. The van der Waals surface area contributed by atoms with E-state index >= 15 is 0 Å². The molecule has 0 unspecified atom stereocenters. The highest BCUT2D eigenvalue weighted by molar-refractivity contribution is 7.73. The second kappa shape index (κ2) is 12.2. The van der Waals surface area contributed by atoms with Crippen LogP contribution in [0.1, 0.15) is 31.9 Å². The molecule has 0 saturated heterocycles. The number of hydrogen-bond acceptors (Lipinski definition) is 7. The third-order valence-corrected chi connectivity index (χ3v) is 7.26. The minimum atomic E-state index is -1.58. The second-order valence-corrected chi connectivity index (χ2v) is 11.1. The standard InChI is InChI=1S/C28H29N5O4S2/c1-17(2)22(23(34)30-25-32-33-27(38)39-25)29-24(35)28(3,21-15-9-13-19-12-7-8-14-20(19)21)31-26(36)37-16-18-10-5-4-6-11-18/h4-15,17,22H,16H2,1-3H3,(H,29,35)(H,31,36)(H,33,38)(H,30,32,34)/t22-,28+/m0/s1. The van der Waals surface area contributed by atoms with Crippen molar-refractivity contribution in [2.45, 2.75) is 39.0 Å². The third-order valence-electron chi connectivity index (χ3n) is 6.25. The number of ether oxygens (including phenoxy) is 1. The Bertz CT molecular complexity index is 1530. The Morgan fingerprint density at radius 2 is 1.72 bits per heavy atom. The van der Waals surface area contributed by atoms with Crippen molar-refractivity contribution < 1.29 is 19.1 Å². The van der Waals surface area contributed by atoms with E-state index in [-0.39, 0.29) is 12.5 Å². The van der Waals surface area contributed by atoms with Gasteiger partial charge in [0.15, 0.2) is 3.95 Å². The lowest BCUT2D eigenvalue weighted by Gasteiger charge is -2.33. The summed E-state index contributed by atoms with van der Waals surface area (Å²) in [7, 11) is 0. The van der Waals surface area contributed by atoms with E-state index in [1.54, 1.807) is 13.0 Å². The van der Waals surface area contributed by atoms with Crippen molar-refractivity contribution in [2.24, 2.45) is 5.92 Å². The molecule has 9 nitrogen and oxygen atoms in total. The Hall–Kier alpha value is -4.09. The minimum Gasteiger partial charge on any atom is -0.445 e. The average Bonchev–Trinajstić information content (AvgIpc) is 3.34. The lowest BCUT2D eigenvalue weighted by atomic mass is 9.86. The first-order valence-electron chi connectivity index (χ1n) is 12.3. The van der Waals surface area contributed by atoms with Gasteiger partial charge in [0.1, 0.15) is 18.2 Å². The lowest BCUT2D eigenvalue weighted by molar-refractivity contribution is -0.131. The van der Waals surface area contributed by atoms with Crippen LogP contribution >= 0.6 is 23.6 Å². The fourth-order valence-electron chi connectivity index (χ4n) is 4.16. The maximum absolute atomic E-state index is 14.0. The molecule has 2 atom stereocenters. The van der Waals surface area contributed by atoms with Gasteiger partial charge in [0.05, 0.1) is 0 Å². The first kappa shape index (κ1) is 27.9. The van der Waals surface area contributed by atoms with E-state index in [0.717, 1.165) is 27.7 Å². The topological polar surface area (TPSA) is 125 Å². The molecule has 0 aliphatic rings. The summed E-state index contributed by atoms with van der Waals surface area (Å²) in [6.07, 6.45) is -0.772. The SMILES string of the molecule is CC(C)[C@H](NC(=O)[C@](C)(NC(=O)OCc1ccccc1)c1cccc2ccccc12)C(=O)Nc1n[nH]c(=S)s1. The first-order valence-corrected chi connectivity index (χ1v) is 13.5. The predicted molar refractivity (Wildman–Crippen MR) is 154 cm³/mol. The number of nitrogens with zero attached hydrogens (tertiary/aromatic N) is 1. The maximum atomic E-state index is 14.0. The zero-order chi connectivity index (χ0) is 28.0. The number of fused-ring (bicyclic) bond motifs is 1. The number of carbonyl (C=O) groups is 3. The number of H-pyrrole nitrogens is 1. The van der Waals surface area contributed by atoms with E-state index in [9.17, 15) is 14.4 Å². The zero-order valence-corrected chi connectivity index (χ0v) is 23.3. The van der Waals surface area contributed by atoms with Gasteiger partial charge in [0, 0.05) is 0 Å². The van der Waals surface area contributed by atoms with Crippen molar-refractivity contribution >= 4 is 57.4 Å². The number of benzene rings is 3. The Labute approximate surface area is 235 Å². The highest BCUT2D eigenvalue weighted by atomic mass is 32.1. The summed E-state index contributed by atoms with van der Waals surface area (Å²) in [5.74, 6) is -1.30. The minimum absolute atomic E-state index is 0.0343. The number of anilines is 1. The fourth-order valence-corrected chi connectivity index (χ4v) is 4.95. The summed E-state index contributed by atoms with van der Waals surface area (Å²) >= 11 is 6.14. The summed E-state index contributed by atoms with van der Waals surface area (Å²) in [4.78, 5) is 40.2. The second-order valence-electron chi connectivity index (χ2n) is 9.44. The third kappa shape index (κ3) is 6.68. The largest absolute Gasteiger partial charge is 0.445 e. The molecule has 3 aromatic carbocycles. The van der Waals surface area contributed by atoms with Gasteiger partial charge in [-0.05, 0) is 47.0 Å². The molecule has 1 heterocycles. The summed E-state index contributed by atoms with van der Waals surface area (Å²) in [6.45, 7) is 5.26. The van der Waals surface area contributed by atoms with Crippen LogP contribution in [0.5, 0.6) is 0 Å². The van der Waals surface area contributed by atoms with Gasteiger partial charge in [-0.1, -0.05) is 98.0 Å². The summed E-state index contributed by atoms with van der Waals surface area (Å²) < 4.78 is 5.87. The Morgan fingerprint density at radius 3 is 2.41 bits per heavy atom. The van der Waals surface area contributed by atoms with Crippen molar-refractivity contribution in [1.29, 1.82) is 0 Å². The zero-order valence-electron chi connectivity index (χ0n) is 21.7. The molecule has 0 aliphatic heterocycles. The van der Waals surface area contributed by atoms with E-state index in [2.05, 4.69) is 26.1 Å². The molecule has 0 bridgehead atoms. The van der Waals surface area contributed by atoms with E-state index < -0.39 is 29.5 Å². The van der Waals surface area contributed by atoms with Crippen LogP contribution in [0.4, 0.5) is 9.93 Å². The first-order chi connectivity index (χ1) is 18.7. The number of amides is 3. The number of carbonyl (C=O) groups excluding carboxylic acids is 3. The van der Waals surface area contributed by atoms with Crippen LogP contribution in [0.2, 0.25) is 0 Å². The van der Waals surface area contributed by atoms with Gasteiger partial charge in [-0.25, -0.2) is 4.79 Å². The number of alkyl carbamates (subject to hydrolysis) is 1. The Morgan fingerprint density at radius 1 is 1.03 bits per heavy atom. The van der Waals surface area contributed by atoms with Gasteiger partial charge in [-0.3, -0.25) is 20.0 Å². The fraction of sp³-hybridized carbons (Fsp3) is 0.250. The molecule has 1 aromatic heterocycles. The molecule has 39 heavy (non-hydrogen) atoms. The van der Waals surface area contributed by atoms with Gasteiger partial charge in [-0.15, -0.1) is 5.10 Å². The Kier molecular flexibility index (Phi) is 8.72. The molecular formula is C28H29N5O4S2. The van der Waals surface area contributed by atoms with Gasteiger partial charge >= 0.3 is 6.09 Å². The van der Waals surface area contributed by atoms with E-state index in [1.807, 2.05) is 80.6 Å². The lowest BCUT2D eigenvalue weighted by Crippen LogP contribution is -2.59. The van der Waals surface area contributed by atoms with Crippen molar-refractivity contribution in [3.8, 4) is 0 Å². The molecule has 3 amide bonds. The molecule has 0 fully saturated rings. The van der Waals surface area contributed by atoms with Crippen LogP contribution in [0.3, 0.4) is 0 Å². The molecule has 4 rings (SSSR count). The molecule has 11 heteroatoms. The number of hydrogen-bond donors (Lipinski definition) is 4. The van der Waals surface area contributed by atoms with Crippen LogP contribution in [0, 0.1) is 9.87 Å². The van der Waals surface area contributed by atoms with Crippen molar-refractivity contribution in [2.75, 3.05) is 5.32 Å². The molecule has 0 aliphatic carbocycles. The highest BCUT2D eigenvalue weighted by Crippen LogP contribution is 2.30. The highest BCUT2D eigenvalue weighted by Gasteiger charge is 2.41. The van der Waals surface area contributed by atoms with Gasteiger partial charge in [-0.2, -0.15) is 0 Å². The summed E-state index contributed by atoms with van der Waals surface area (Å²) in [5, 5.41) is 16.9. The number of nitrogens with one attached hydrogen (secondary N) is 4. The normalized spacial score (nSPS) is 13.3. The molecule has 0 radical (unpaired) electrons. The quantitative estimate of drug-likeness (QED) is 0.206. The Balaban J connectivity index is 1.63. The summed E-state index contributed by atoms with van der Waals surface area (Å²) in [5.41, 5.74) is -0.213. The van der Waals surface area contributed by atoms with Crippen LogP contribution in [-0.2, 0) is 26.5 Å². The predicted octanol–water partition coefficient (Wildman–Crippen LogP) is 5.27. The monoisotopic (exact) mass is 563 g/mol. The van der Waals surface area contributed by atoms with Gasteiger partial charge in [0.25, 0.3) is 5.91 Å². The van der Waals surface area contributed by atoms with Gasteiger partial charge < -0.3 is 15.4 Å². The molecule has 0 saturated carbocycles. The van der Waals surface area contributed by atoms with Gasteiger partial charge in [0.2, 0.25) is 11.0 Å². The number of rotatable bonds is 9. The number of aromatic nitrogens is 2. The van der Waals surface area contributed by atoms with Crippen LogP contribution in [0.25, 0.3) is 10.8 Å². The van der Waals surface area contributed by atoms with Crippen molar-refractivity contribution in [1.82, 2.24) is 20.8 Å². The van der Waals surface area contributed by atoms with E-state index in [1.165, 1.54) is 0 Å². The van der Waals surface area contributed by atoms with E-state index in [0.29, 0.717) is 14.6 Å². The van der Waals surface area contributed by atoms with Crippen molar-refractivity contribution in [3.63, 3.8) is 0 Å². The molecule has 4 aromatic rings. The smallest absolute Gasteiger partial charge is 0.408 e. The van der Waals surface area contributed by atoms with Crippen molar-refractivity contribution in [3.05, 3.63) is 87.9 Å².